The summed E-state index contributed by atoms with van der Waals surface area (Å²) in [5, 5.41) is 14.2. The summed E-state index contributed by atoms with van der Waals surface area (Å²) in [4.78, 5) is 11.2. The standard InChI is InChI=1S/C13H13BrN2O2S/c1-9(10-3-2-4-11(14)7-10)15-8-12-5-6-13(19-12)16(17)18/h2-7,9,15H,8H2,1H3/t9-/m1/s1. The Morgan fingerprint density at radius 1 is 1.42 bits per heavy atom. The van der Waals surface area contributed by atoms with Gasteiger partial charge < -0.3 is 5.32 Å². The van der Waals surface area contributed by atoms with E-state index in [0.717, 1.165) is 9.35 Å². The average molecular weight is 341 g/mol. The monoisotopic (exact) mass is 340 g/mol. The van der Waals surface area contributed by atoms with Gasteiger partial charge in [0.05, 0.1) is 4.92 Å². The Labute approximate surface area is 123 Å². The third kappa shape index (κ3) is 3.86. The molecule has 1 aromatic heterocycles. The number of thiophene rings is 1. The lowest BCUT2D eigenvalue weighted by molar-refractivity contribution is -0.380. The molecule has 6 heteroatoms. The second kappa shape index (κ2) is 6.27. The van der Waals surface area contributed by atoms with Crippen LogP contribution in [0.3, 0.4) is 0 Å². The summed E-state index contributed by atoms with van der Waals surface area (Å²) in [6, 6.07) is 11.6. The lowest BCUT2D eigenvalue weighted by Gasteiger charge is -2.13. The molecule has 4 nitrogen and oxygen atoms in total. The van der Waals surface area contributed by atoms with Gasteiger partial charge in [0, 0.05) is 28.0 Å². The van der Waals surface area contributed by atoms with Crippen molar-refractivity contribution >= 4 is 32.3 Å². The Morgan fingerprint density at radius 3 is 2.84 bits per heavy atom. The third-order valence-electron chi connectivity index (χ3n) is 2.76. The molecule has 2 aromatic rings. The van der Waals surface area contributed by atoms with Crippen molar-refractivity contribution in [3.05, 3.63) is 61.4 Å². The van der Waals surface area contributed by atoms with Crippen molar-refractivity contribution in [1.29, 1.82) is 0 Å². The Bertz CT molecular complexity index is 586. The zero-order chi connectivity index (χ0) is 13.8. The minimum absolute atomic E-state index is 0.187. The van der Waals surface area contributed by atoms with E-state index in [0.29, 0.717) is 6.54 Å². The van der Waals surface area contributed by atoms with Crippen molar-refractivity contribution in [2.45, 2.75) is 19.5 Å². The molecular formula is C13H13BrN2O2S. The van der Waals surface area contributed by atoms with Gasteiger partial charge in [0.1, 0.15) is 0 Å². The summed E-state index contributed by atoms with van der Waals surface area (Å²) < 4.78 is 1.05. The van der Waals surface area contributed by atoms with E-state index >= 15 is 0 Å². The normalized spacial score (nSPS) is 12.3. The van der Waals surface area contributed by atoms with Crippen molar-refractivity contribution in [2.75, 3.05) is 0 Å². The number of hydrogen-bond acceptors (Lipinski definition) is 4. The highest BCUT2D eigenvalue weighted by atomic mass is 79.9. The van der Waals surface area contributed by atoms with Gasteiger partial charge >= 0.3 is 5.00 Å². The predicted octanol–water partition coefficient (Wildman–Crippen LogP) is 4.27. The molecule has 0 fully saturated rings. The van der Waals surface area contributed by atoms with Crippen molar-refractivity contribution in [3.63, 3.8) is 0 Å². The highest BCUT2D eigenvalue weighted by Crippen LogP contribution is 2.24. The van der Waals surface area contributed by atoms with Gasteiger partial charge in [-0.05, 0) is 30.7 Å². The van der Waals surface area contributed by atoms with Crippen molar-refractivity contribution in [1.82, 2.24) is 5.32 Å². The molecule has 1 atom stereocenters. The maximum absolute atomic E-state index is 10.6. The number of rotatable bonds is 5. The van der Waals surface area contributed by atoms with Crippen LogP contribution in [0.25, 0.3) is 0 Å². The van der Waals surface area contributed by atoms with E-state index in [2.05, 4.69) is 40.3 Å². The lowest BCUT2D eigenvalue weighted by atomic mass is 10.1. The van der Waals surface area contributed by atoms with E-state index in [1.54, 1.807) is 12.1 Å². The first-order chi connectivity index (χ1) is 9.06. The van der Waals surface area contributed by atoms with E-state index < -0.39 is 0 Å². The minimum atomic E-state index is -0.355. The van der Waals surface area contributed by atoms with Crippen molar-refractivity contribution < 1.29 is 4.92 Å². The smallest absolute Gasteiger partial charge is 0.305 e. The van der Waals surface area contributed by atoms with Gasteiger partial charge in [0.15, 0.2) is 0 Å². The summed E-state index contributed by atoms with van der Waals surface area (Å²) in [6.45, 7) is 2.70. The SMILES string of the molecule is C[C@@H](NCc1ccc([N+](=O)[O-])s1)c1cccc(Br)c1. The first-order valence-electron chi connectivity index (χ1n) is 5.78. The van der Waals surface area contributed by atoms with Crippen LogP contribution in [-0.2, 0) is 6.54 Å². The van der Waals surface area contributed by atoms with Gasteiger partial charge in [0.2, 0.25) is 0 Å². The van der Waals surface area contributed by atoms with Gasteiger partial charge in [-0.25, -0.2) is 0 Å². The summed E-state index contributed by atoms with van der Waals surface area (Å²) >= 11 is 4.66. The second-order valence-electron chi connectivity index (χ2n) is 4.15. The highest BCUT2D eigenvalue weighted by molar-refractivity contribution is 9.10. The van der Waals surface area contributed by atoms with Crippen molar-refractivity contribution in [3.8, 4) is 0 Å². The molecule has 0 bridgehead atoms. The van der Waals surface area contributed by atoms with Crippen LogP contribution in [0.15, 0.2) is 40.9 Å². The molecule has 1 aromatic carbocycles. The molecule has 100 valence electrons. The maximum Gasteiger partial charge on any atom is 0.324 e. The van der Waals surface area contributed by atoms with Gasteiger partial charge in [-0.15, -0.1) is 0 Å². The Morgan fingerprint density at radius 2 is 2.21 bits per heavy atom. The number of benzene rings is 1. The van der Waals surface area contributed by atoms with Gasteiger partial charge in [-0.2, -0.15) is 0 Å². The number of hydrogen-bond donors (Lipinski definition) is 1. The summed E-state index contributed by atoms with van der Waals surface area (Å²) in [7, 11) is 0. The largest absolute Gasteiger partial charge is 0.324 e. The molecular weight excluding hydrogens is 328 g/mol. The Hall–Kier alpha value is -1.24. The first-order valence-corrected chi connectivity index (χ1v) is 7.39. The van der Waals surface area contributed by atoms with E-state index in [9.17, 15) is 10.1 Å². The fraction of sp³-hybridized carbons (Fsp3) is 0.231. The summed E-state index contributed by atoms with van der Waals surface area (Å²) in [6.07, 6.45) is 0. The van der Waals surface area contributed by atoms with Crippen LogP contribution in [0.2, 0.25) is 0 Å². The molecule has 1 heterocycles. The summed E-state index contributed by atoms with van der Waals surface area (Å²) in [5.41, 5.74) is 1.18. The highest BCUT2D eigenvalue weighted by Gasteiger charge is 2.11. The van der Waals surface area contributed by atoms with E-state index in [4.69, 9.17) is 0 Å². The molecule has 0 unspecified atom stereocenters. The molecule has 0 amide bonds. The third-order valence-corrected chi connectivity index (χ3v) is 4.29. The minimum Gasteiger partial charge on any atom is -0.305 e. The van der Waals surface area contributed by atoms with E-state index in [1.807, 2.05) is 12.1 Å². The first kappa shape index (κ1) is 14.2. The van der Waals surface area contributed by atoms with Crippen LogP contribution < -0.4 is 5.32 Å². The van der Waals surface area contributed by atoms with Crippen molar-refractivity contribution in [2.24, 2.45) is 0 Å². The molecule has 0 aliphatic rings. The number of halogens is 1. The van der Waals surface area contributed by atoms with Gasteiger partial charge in [-0.1, -0.05) is 39.4 Å². The molecule has 0 spiro atoms. The zero-order valence-electron chi connectivity index (χ0n) is 10.3. The fourth-order valence-electron chi connectivity index (χ4n) is 1.71. The van der Waals surface area contributed by atoms with Crippen LogP contribution in [0.1, 0.15) is 23.4 Å². The average Bonchev–Trinajstić information content (AvgIpc) is 2.85. The fourth-order valence-corrected chi connectivity index (χ4v) is 2.89. The van der Waals surface area contributed by atoms with E-state index in [1.165, 1.54) is 16.9 Å². The van der Waals surface area contributed by atoms with Crippen LogP contribution in [0.5, 0.6) is 0 Å². The van der Waals surface area contributed by atoms with Crippen LogP contribution in [0, 0.1) is 10.1 Å². The zero-order valence-corrected chi connectivity index (χ0v) is 12.7. The van der Waals surface area contributed by atoms with Crippen LogP contribution in [-0.4, -0.2) is 4.92 Å². The molecule has 0 aliphatic heterocycles. The van der Waals surface area contributed by atoms with Gasteiger partial charge in [0.25, 0.3) is 0 Å². The quantitative estimate of drug-likeness (QED) is 0.653. The molecule has 19 heavy (non-hydrogen) atoms. The number of nitro groups is 1. The molecule has 1 N–H and O–H groups in total. The molecule has 0 aliphatic carbocycles. The van der Waals surface area contributed by atoms with Crippen LogP contribution >= 0.6 is 27.3 Å². The van der Waals surface area contributed by atoms with E-state index in [-0.39, 0.29) is 16.0 Å². The predicted molar refractivity (Wildman–Crippen MR) is 80.4 cm³/mol. The van der Waals surface area contributed by atoms with Gasteiger partial charge in [-0.3, -0.25) is 10.1 Å². The Balaban J connectivity index is 1.96. The molecule has 0 radical (unpaired) electrons. The van der Waals surface area contributed by atoms with Crippen LogP contribution in [0.4, 0.5) is 5.00 Å². The topological polar surface area (TPSA) is 55.2 Å². The maximum atomic E-state index is 10.6. The number of nitrogens with zero attached hydrogens (tertiary/aromatic N) is 1. The summed E-state index contributed by atoms with van der Waals surface area (Å²) in [5.74, 6) is 0. The number of nitrogens with one attached hydrogen (secondary N) is 1. The lowest BCUT2D eigenvalue weighted by Crippen LogP contribution is -2.17. The molecule has 2 rings (SSSR count). The molecule has 0 saturated heterocycles. The second-order valence-corrected chi connectivity index (χ2v) is 6.22. The Kier molecular flexibility index (Phi) is 4.68. The molecule has 0 saturated carbocycles.